The first kappa shape index (κ1) is 17.6. The van der Waals surface area contributed by atoms with Gasteiger partial charge in [0.15, 0.2) is 0 Å². The molecule has 1 aromatic rings. The molecule has 0 aliphatic carbocycles. The van der Waals surface area contributed by atoms with Gasteiger partial charge in [-0.2, -0.15) is 4.79 Å². The molecule has 0 spiro atoms. The maximum atomic E-state index is 12.6. The van der Waals surface area contributed by atoms with Gasteiger partial charge in [-0.1, -0.05) is 12.1 Å². The summed E-state index contributed by atoms with van der Waals surface area (Å²) in [7, 11) is 0. The Morgan fingerprint density at radius 1 is 1.20 bits per heavy atom. The molecule has 3 rings (SSSR count). The Morgan fingerprint density at radius 3 is 2.16 bits per heavy atom. The van der Waals surface area contributed by atoms with Gasteiger partial charge in [0.2, 0.25) is 0 Å². The lowest BCUT2D eigenvalue weighted by Crippen LogP contribution is -2.68. The van der Waals surface area contributed by atoms with Crippen molar-refractivity contribution in [2.24, 2.45) is 0 Å². The molecule has 2 aliphatic heterocycles. The van der Waals surface area contributed by atoms with Crippen LogP contribution >= 0.6 is 0 Å². The number of aliphatic hydroxyl groups excluding tert-OH is 1. The van der Waals surface area contributed by atoms with E-state index in [0.29, 0.717) is 11.1 Å². The van der Waals surface area contributed by atoms with E-state index in [1.165, 1.54) is 0 Å². The summed E-state index contributed by atoms with van der Waals surface area (Å²) in [6.07, 6.45) is -1.60. The summed E-state index contributed by atoms with van der Waals surface area (Å²) in [6.45, 7) is 5.44. The lowest BCUT2D eigenvalue weighted by Gasteiger charge is -2.45. The number of imide groups is 1. The monoisotopic (exact) mass is 347 g/mol. The van der Waals surface area contributed by atoms with Crippen molar-refractivity contribution < 1.29 is 29.1 Å². The highest BCUT2D eigenvalue weighted by Crippen LogP contribution is 2.38. The largest absolute Gasteiger partial charge is 0.514 e. The fraction of sp³-hybridized carbons (Fsp3) is 0.500. The van der Waals surface area contributed by atoms with E-state index in [4.69, 9.17) is 0 Å². The van der Waals surface area contributed by atoms with E-state index in [0.717, 1.165) is 4.90 Å². The number of carbonyl (C=O) groups is 3. The van der Waals surface area contributed by atoms with E-state index < -0.39 is 35.6 Å². The zero-order valence-corrected chi connectivity index (χ0v) is 14.6. The Bertz CT molecular complexity index is 719. The fourth-order valence-electron chi connectivity index (χ4n) is 4.22. The Labute approximate surface area is 146 Å². The number of benzene rings is 1. The van der Waals surface area contributed by atoms with Crippen LogP contribution in [0.25, 0.3) is 0 Å². The van der Waals surface area contributed by atoms with Crippen LogP contribution in [0.3, 0.4) is 0 Å². The normalized spacial score (nSPS) is 29.2. The van der Waals surface area contributed by atoms with Crippen LogP contribution in [0, 0.1) is 0 Å². The first-order valence-electron chi connectivity index (χ1n) is 8.34. The number of hydrogen-bond donors (Lipinski definition) is 2. The van der Waals surface area contributed by atoms with E-state index in [-0.39, 0.29) is 24.0 Å². The molecule has 1 fully saturated rings. The number of nitrogens with zero attached hydrogens (tertiary/aromatic N) is 2. The predicted octanol–water partition coefficient (Wildman–Crippen LogP) is 1.71. The van der Waals surface area contributed by atoms with Gasteiger partial charge in [-0.15, -0.1) is 0 Å². The fourth-order valence-corrected chi connectivity index (χ4v) is 4.22. The maximum Gasteiger partial charge on any atom is 0.514 e. The molecular formula is C18H23N2O5+. The summed E-state index contributed by atoms with van der Waals surface area (Å²) in [4.78, 5) is 38.5. The number of likely N-dealkylation sites (tertiary alicyclic amines) is 1. The molecule has 1 unspecified atom stereocenters. The van der Waals surface area contributed by atoms with Gasteiger partial charge in [0.1, 0.15) is 24.2 Å². The molecule has 0 radical (unpaired) electrons. The van der Waals surface area contributed by atoms with Crippen LogP contribution < -0.4 is 0 Å². The Morgan fingerprint density at radius 2 is 1.72 bits per heavy atom. The van der Waals surface area contributed by atoms with Crippen molar-refractivity contribution in [2.75, 3.05) is 13.1 Å². The first-order valence-corrected chi connectivity index (χ1v) is 8.34. The van der Waals surface area contributed by atoms with E-state index in [1.807, 2.05) is 0 Å². The highest BCUT2D eigenvalue weighted by atomic mass is 16.4. The Balaban J connectivity index is 1.96. The van der Waals surface area contributed by atoms with Crippen molar-refractivity contribution in [1.82, 2.24) is 4.90 Å². The number of quaternary nitrogens is 1. The molecule has 3 atom stereocenters. The first-order chi connectivity index (χ1) is 11.6. The van der Waals surface area contributed by atoms with Gasteiger partial charge in [-0.25, -0.2) is 4.48 Å². The quantitative estimate of drug-likeness (QED) is 0.627. The maximum absolute atomic E-state index is 12.6. The van der Waals surface area contributed by atoms with Crippen molar-refractivity contribution in [3.8, 4) is 0 Å². The van der Waals surface area contributed by atoms with Gasteiger partial charge >= 0.3 is 6.09 Å². The second-order valence-electron chi connectivity index (χ2n) is 7.81. The minimum atomic E-state index is -1.05. The van der Waals surface area contributed by atoms with Crippen LogP contribution in [0.5, 0.6) is 0 Å². The molecule has 134 valence electrons. The highest BCUT2D eigenvalue weighted by Gasteiger charge is 2.60. The molecule has 3 amide bonds. The second kappa shape index (κ2) is 5.64. The van der Waals surface area contributed by atoms with Crippen molar-refractivity contribution in [1.29, 1.82) is 0 Å². The van der Waals surface area contributed by atoms with Crippen LogP contribution in [0.4, 0.5) is 4.79 Å². The summed E-state index contributed by atoms with van der Waals surface area (Å²) < 4.78 is -0.373. The van der Waals surface area contributed by atoms with Crippen molar-refractivity contribution >= 4 is 17.9 Å². The van der Waals surface area contributed by atoms with Crippen molar-refractivity contribution in [2.45, 2.75) is 44.9 Å². The van der Waals surface area contributed by atoms with Gasteiger partial charge in [-0.3, -0.25) is 14.5 Å². The van der Waals surface area contributed by atoms with Gasteiger partial charge < -0.3 is 10.2 Å². The SMILES string of the molecule is CC(C)(C)[N+]1(C(=O)O)C[C@@H](O)C[C@@H]1CN1C(=O)c2ccccc2C1=O. The molecule has 25 heavy (non-hydrogen) atoms. The van der Waals surface area contributed by atoms with E-state index in [2.05, 4.69) is 0 Å². The topological polar surface area (TPSA) is 94.9 Å². The molecule has 2 heterocycles. The second-order valence-corrected chi connectivity index (χ2v) is 7.81. The predicted molar refractivity (Wildman–Crippen MR) is 89.1 cm³/mol. The summed E-state index contributed by atoms with van der Waals surface area (Å²) in [6, 6.07) is 6.03. The Kier molecular flexibility index (Phi) is 3.96. The van der Waals surface area contributed by atoms with Gasteiger partial charge in [0, 0.05) is 6.42 Å². The minimum absolute atomic E-state index is 0.0209. The molecule has 7 nitrogen and oxygen atoms in total. The number of hydrogen-bond acceptors (Lipinski definition) is 4. The number of fused-ring (bicyclic) bond motifs is 1. The average molecular weight is 347 g/mol. The lowest BCUT2D eigenvalue weighted by molar-refractivity contribution is -0.914. The number of aliphatic hydroxyl groups is 1. The zero-order chi connectivity index (χ0) is 18.6. The summed E-state index contributed by atoms with van der Waals surface area (Å²) in [5, 5.41) is 20.1. The van der Waals surface area contributed by atoms with E-state index in [1.54, 1.807) is 45.0 Å². The van der Waals surface area contributed by atoms with Crippen LogP contribution in [-0.4, -0.2) is 68.3 Å². The van der Waals surface area contributed by atoms with Crippen LogP contribution in [0.2, 0.25) is 0 Å². The smallest absolute Gasteiger partial charge is 0.435 e. The third-order valence-corrected chi connectivity index (χ3v) is 5.48. The lowest BCUT2D eigenvalue weighted by atomic mass is 9.99. The van der Waals surface area contributed by atoms with Crippen LogP contribution in [0.15, 0.2) is 24.3 Å². The molecular weight excluding hydrogens is 324 g/mol. The van der Waals surface area contributed by atoms with E-state index >= 15 is 0 Å². The van der Waals surface area contributed by atoms with Gasteiger partial charge in [0.05, 0.1) is 17.7 Å². The van der Waals surface area contributed by atoms with Gasteiger partial charge in [0.25, 0.3) is 11.8 Å². The molecule has 2 N–H and O–H groups in total. The van der Waals surface area contributed by atoms with Gasteiger partial charge in [-0.05, 0) is 32.9 Å². The molecule has 0 bridgehead atoms. The summed E-state index contributed by atoms with van der Waals surface area (Å²) in [5.74, 6) is -0.807. The Hall–Kier alpha value is -2.25. The number of carboxylic acid groups (broad SMARTS) is 1. The molecule has 0 aromatic heterocycles. The highest BCUT2D eigenvalue weighted by molar-refractivity contribution is 6.21. The minimum Gasteiger partial charge on any atom is -0.435 e. The third-order valence-electron chi connectivity index (χ3n) is 5.48. The standard InChI is InChI=1S/C18H22N2O5/c1-18(2,3)20(17(24)25)10-12(21)8-11(20)9-19-15(22)13-6-4-5-7-14(13)16(19)23/h4-7,11-12,21H,8-10H2,1-3H3/p+1/t11-,12+,20?/m1/s1. The number of rotatable bonds is 2. The molecule has 1 aromatic carbocycles. The molecule has 1 saturated heterocycles. The van der Waals surface area contributed by atoms with E-state index in [9.17, 15) is 24.6 Å². The average Bonchev–Trinajstić information content (AvgIpc) is 2.99. The summed E-state index contributed by atoms with van der Waals surface area (Å²) in [5.41, 5.74) is -0.00224. The molecule has 2 aliphatic rings. The number of carbonyl (C=O) groups excluding carboxylic acids is 2. The van der Waals surface area contributed by atoms with Crippen LogP contribution in [0.1, 0.15) is 47.9 Å². The van der Waals surface area contributed by atoms with Crippen molar-refractivity contribution in [3.63, 3.8) is 0 Å². The molecule has 7 heteroatoms. The third kappa shape index (κ3) is 2.46. The summed E-state index contributed by atoms with van der Waals surface area (Å²) >= 11 is 0. The number of amides is 3. The van der Waals surface area contributed by atoms with Crippen molar-refractivity contribution in [3.05, 3.63) is 35.4 Å². The molecule has 0 saturated carbocycles. The van der Waals surface area contributed by atoms with Crippen LogP contribution in [-0.2, 0) is 0 Å². The zero-order valence-electron chi connectivity index (χ0n) is 14.6.